The van der Waals surface area contributed by atoms with Gasteiger partial charge in [-0.15, -0.1) is 0 Å². The van der Waals surface area contributed by atoms with Crippen LogP contribution < -0.4 is 5.56 Å². The molecule has 0 unspecified atom stereocenters. The summed E-state index contributed by atoms with van der Waals surface area (Å²) in [6.07, 6.45) is 2.11. The zero-order valence-electron chi connectivity index (χ0n) is 12.1. The number of nitrogens with zero attached hydrogens (tertiary/aromatic N) is 2. The number of rotatable bonds is 3. The van der Waals surface area contributed by atoms with Gasteiger partial charge in [0, 0.05) is 6.61 Å². The molecule has 0 atom stereocenters. The number of aliphatic hydroxyl groups is 1. The summed E-state index contributed by atoms with van der Waals surface area (Å²) in [5.74, 6) is 0. The lowest BCUT2D eigenvalue weighted by atomic mass is 10.00. The van der Waals surface area contributed by atoms with Gasteiger partial charge in [0.05, 0.1) is 17.3 Å². The van der Waals surface area contributed by atoms with Crippen LogP contribution in [0.4, 0.5) is 0 Å². The van der Waals surface area contributed by atoms with Crippen LogP contribution in [0.3, 0.4) is 0 Å². The second kappa shape index (κ2) is 5.59. The van der Waals surface area contributed by atoms with Crippen LogP contribution >= 0.6 is 0 Å². The van der Waals surface area contributed by atoms with E-state index in [-0.39, 0.29) is 17.7 Å². The van der Waals surface area contributed by atoms with Crippen LogP contribution in [0.5, 0.6) is 0 Å². The predicted octanol–water partition coefficient (Wildman–Crippen LogP) is 2.20. The highest BCUT2D eigenvalue weighted by atomic mass is 16.3. The van der Waals surface area contributed by atoms with E-state index in [4.69, 9.17) is 0 Å². The molecule has 1 aromatic heterocycles. The van der Waals surface area contributed by atoms with Crippen LogP contribution in [-0.4, -0.2) is 21.5 Å². The summed E-state index contributed by atoms with van der Waals surface area (Å²) in [6.45, 7) is 5.84. The highest BCUT2D eigenvalue weighted by molar-refractivity contribution is 5.65. The summed E-state index contributed by atoms with van der Waals surface area (Å²) in [5, 5.41) is 13.4. The van der Waals surface area contributed by atoms with Crippen molar-refractivity contribution in [1.82, 2.24) is 9.78 Å². The minimum Gasteiger partial charge on any atom is -0.396 e. The highest BCUT2D eigenvalue weighted by Gasteiger charge is 2.20. The lowest BCUT2D eigenvalue weighted by molar-refractivity contribution is 0.298. The highest BCUT2D eigenvalue weighted by Crippen LogP contribution is 2.21. The lowest BCUT2D eigenvalue weighted by Gasteiger charge is -2.22. The summed E-state index contributed by atoms with van der Waals surface area (Å²) in [4.78, 5) is 12.7. The van der Waals surface area contributed by atoms with E-state index in [9.17, 15) is 9.90 Å². The second-order valence-corrected chi connectivity index (χ2v) is 5.77. The minimum atomic E-state index is -0.377. The largest absolute Gasteiger partial charge is 0.396 e. The lowest BCUT2D eigenvalue weighted by Crippen LogP contribution is -2.37. The van der Waals surface area contributed by atoms with Crippen LogP contribution in [0.25, 0.3) is 11.1 Å². The molecule has 1 aromatic carbocycles. The number of hydrogen-bond donors (Lipinski definition) is 1. The van der Waals surface area contributed by atoms with E-state index < -0.39 is 0 Å². The predicted molar refractivity (Wildman–Crippen MR) is 79.7 cm³/mol. The second-order valence-electron chi connectivity index (χ2n) is 5.77. The Morgan fingerprint density at radius 3 is 2.40 bits per heavy atom. The van der Waals surface area contributed by atoms with Gasteiger partial charge >= 0.3 is 0 Å². The normalized spacial score (nSPS) is 11.6. The third-order valence-corrected chi connectivity index (χ3v) is 3.14. The molecule has 0 saturated heterocycles. The van der Waals surface area contributed by atoms with Gasteiger partial charge in [0.15, 0.2) is 0 Å². The zero-order valence-corrected chi connectivity index (χ0v) is 12.1. The number of aliphatic hydroxyl groups excluding tert-OH is 1. The maximum atomic E-state index is 12.7. The van der Waals surface area contributed by atoms with Crippen molar-refractivity contribution < 1.29 is 5.11 Å². The van der Waals surface area contributed by atoms with Crippen molar-refractivity contribution >= 4 is 0 Å². The Balaban J connectivity index is 2.71. The molecule has 0 amide bonds. The average Bonchev–Trinajstić information content (AvgIpc) is 2.39. The SMILES string of the molecule is CC(C)(C)n1ncc(CCO)c(-c2ccccc2)c1=O. The summed E-state index contributed by atoms with van der Waals surface area (Å²) >= 11 is 0. The van der Waals surface area contributed by atoms with Gasteiger partial charge in [0.1, 0.15) is 0 Å². The first-order valence-corrected chi connectivity index (χ1v) is 6.73. The van der Waals surface area contributed by atoms with E-state index in [0.717, 1.165) is 11.1 Å². The molecule has 0 bridgehead atoms. The average molecular weight is 272 g/mol. The summed E-state index contributed by atoms with van der Waals surface area (Å²) in [7, 11) is 0. The van der Waals surface area contributed by atoms with Crippen LogP contribution in [0.15, 0.2) is 41.3 Å². The first-order chi connectivity index (χ1) is 9.45. The fourth-order valence-corrected chi connectivity index (χ4v) is 2.19. The number of aromatic nitrogens is 2. The first kappa shape index (κ1) is 14.5. The molecule has 0 radical (unpaired) electrons. The Bertz CT molecular complexity index is 640. The molecule has 4 nitrogen and oxygen atoms in total. The van der Waals surface area contributed by atoms with Gasteiger partial charge in [-0.2, -0.15) is 5.10 Å². The van der Waals surface area contributed by atoms with E-state index in [1.54, 1.807) is 6.20 Å². The van der Waals surface area contributed by atoms with E-state index in [1.165, 1.54) is 4.68 Å². The Morgan fingerprint density at radius 2 is 1.85 bits per heavy atom. The van der Waals surface area contributed by atoms with Gasteiger partial charge in [-0.1, -0.05) is 30.3 Å². The van der Waals surface area contributed by atoms with Crippen LogP contribution in [-0.2, 0) is 12.0 Å². The van der Waals surface area contributed by atoms with Gasteiger partial charge in [0.25, 0.3) is 5.56 Å². The molecule has 1 heterocycles. The summed E-state index contributed by atoms with van der Waals surface area (Å²) in [5.41, 5.74) is 1.78. The Hall–Kier alpha value is -1.94. The van der Waals surface area contributed by atoms with E-state index >= 15 is 0 Å². The van der Waals surface area contributed by atoms with Crippen molar-refractivity contribution in [2.75, 3.05) is 6.61 Å². The molecule has 0 aliphatic carbocycles. The van der Waals surface area contributed by atoms with Crippen LogP contribution in [0.1, 0.15) is 26.3 Å². The molecule has 0 fully saturated rings. The van der Waals surface area contributed by atoms with Gasteiger partial charge in [-0.3, -0.25) is 4.79 Å². The van der Waals surface area contributed by atoms with Gasteiger partial charge in [-0.05, 0) is 38.3 Å². The smallest absolute Gasteiger partial charge is 0.275 e. The maximum Gasteiger partial charge on any atom is 0.275 e. The van der Waals surface area contributed by atoms with Crippen molar-refractivity contribution in [1.29, 1.82) is 0 Å². The molecule has 20 heavy (non-hydrogen) atoms. The standard InChI is InChI=1S/C16H20N2O2/c1-16(2,3)18-15(20)14(12-7-5-4-6-8-12)13(9-10-19)11-17-18/h4-8,11,19H,9-10H2,1-3H3. The minimum absolute atomic E-state index is 0.000481. The fraction of sp³-hybridized carbons (Fsp3) is 0.375. The van der Waals surface area contributed by atoms with Crippen molar-refractivity contribution in [3.63, 3.8) is 0 Å². The molecule has 2 rings (SSSR count). The van der Waals surface area contributed by atoms with Crippen LogP contribution in [0.2, 0.25) is 0 Å². The third kappa shape index (κ3) is 2.80. The monoisotopic (exact) mass is 272 g/mol. The number of hydrogen-bond acceptors (Lipinski definition) is 3. The van der Waals surface area contributed by atoms with E-state index in [2.05, 4.69) is 5.10 Å². The van der Waals surface area contributed by atoms with Crippen molar-refractivity contribution in [2.24, 2.45) is 0 Å². The topological polar surface area (TPSA) is 55.1 Å². The molecule has 1 N–H and O–H groups in total. The van der Waals surface area contributed by atoms with Gasteiger partial charge in [-0.25, -0.2) is 4.68 Å². The molecule has 0 saturated carbocycles. The van der Waals surface area contributed by atoms with E-state index in [1.807, 2.05) is 51.1 Å². The van der Waals surface area contributed by atoms with Crippen LogP contribution in [0, 0.1) is 0 Å². The number of benzene rings is 1. The molecule has 106 valence electrons. The van der Waals surface area contributed by atoms with Gasteiger partial charge < -0.3 is 5.11 Å². The molecule has 4 heteroatoms. The Morgan fingerprint density at radius 1 is 1.20 bits per heavy atom. The van der Waals surface area contributed by atoms with Gasteiger partial charge in [0.2, 0.25) is 0 Å². The Kier molecular flexibility index (Phi) is 4.04. The van der Waals surface area contributed by atoms with Crippen molar-refractivity contribution in [3.8, 4) is 11.1 Å². The fourth-order valence-electron chi connectivity index (χ4n) is 2.19. The molecule has 0 spiro atoms. The van der Waals surface area contributed by atoms with Crippen molar-refractivity contribution in [2.45, 2.75) is 32.7 Å². The quantitative estimate of drug-likeness (QED) is 0.932. The maximum absolute atomic E-state index is 12.7. The Labute approximate surface area is 118 Å². The first-order valence-electron chi connectivity index (χ1n) is 6.73. The molecule has 0 aliphatic heterocycles. The molecule has 0 aliphatic rings. The van der Waals surface area contributed by atoms with E-state index in [0.29, 0.717) is 12.0 Å². The molecular formula is C16H20N2O2. The summed E-state index contributed by atoms with van der Waals surface area (Å²) < 4.78 is 1.50. The summed E-state index contributed by atoms with van der Waals surface area (Å²) in [6, 6.07) is 9.53. The zero-order chi connectivity index (χ0) is 14.8. The molecular weight excluding hydrogens is 252 g/mol. The third-order valence-electron chi connectivity index (χ3n) is 3.14. The van der Waals surface area contributed by atoms with Crippen molar-refractivity contribution in [3.05, 3.63) is 52.4 Å². The molecule has 2 aromatic rings.